The van der Waals surface area contributed by atoms with Crippen LogP contribution in [-0.2, 0) is 19.5 Å². The van der Waals surface area contributed by atoms with Gasteiger partial charge < -0.3 is 9.47 Å². The fourth-order valence-electron chi connectivity index (χ4n) is 3.49. The van der Waals surface area contributed by atoms with Crippen LogP contribution in [0.2, 0.25) is 0 Å². The van der Waals surface area contributed by atoms with E-state index in [1.165, 1.54) is 28.6 Å². The van der Waals surface area contributed by atoms with Crippen LogP contribution >= 0.6 is 0 Å². The van der Waals surface area contributed by atoms with E-state index in [-0.39, 0.29) is 22.8 Å². The summed E-state index contributed by atoms with van der Waals surface area (Å²) in [5.74, 6) is -0.953. The molecule has 3 rings (SSSR count). The first-order valence-electron chi connectivity index (χ1n) is 10.1. The summed E-state index contributed by atoms with van der Waals surface area (Å²) in [6, 6.07) is 7.36. The van der Waals surface area contributed by atoms with Crippen LogP contribution in [0.25, 0.3) is 0 Å². The fourth-order valence-corrected chi connectivity index (χ4v) is 4.90. The fraction of sp³-hybridized carbons (Fsp3) is 0.391. The van der Waals surface area contributed by atoms with Crippen LogP contribution in [0.5, 0.6) is 0 Å². The first kappa shape index (κ1) is 23.1. The number of sulfonamides is 1. The molecule has 0 N–H and O–H groups in total. The maximum absolute atomic E-state index is 12.7. The van der Waals surface area contributed by atoms with Gasteiger partial charge in [-0.1, -0.05) is 0 Å². The van der Waals surface area contributed by atoms with Gasteiger partial charge in [-0.3, -0.25) is 4.79 Å². The number of hydrogen-bond acceptors (Lipinski definition) is 6. The van der Waals surface area contributed by atoms with Gasteiger partial charge in [0.2, 0.25) is 15.8 Å². The van der Waals surface area contributed by atoms with E-state index in [9.17, 15) is 18.0 Å². The lowest BCUT2D eigenvalue weighted by Crippen LogP contribution is -2.40. The number of Topliss-reactive ketones (excluding diaryl/α,β-unsaturated/α-hetero) is 1. The molecule has 0 saturated carbocycles. The lowest BCUT2D eigenvalue weighted by Gasteiger charge is -2.26. The van der Waals surface area contributed by atoms with Crippen molar-refractivity contribution in [2.24, 2.45) is 0 Å². The van der Waals surface area contributed by atoms with E-state index in [0.29, 0.717) is 31.9 Å². The van der Waals surface area contributed by atoms with Crippen molar-refractivity contribution < 1.29 is 27.5 Å². The maximum atomic E-state index is 12.7. The Balaban J connectivity index is 1.67. The minimum atomic E-state index is -3.64. The standard InChI is InChI=1S/C23H27NO6S/c1-15-13-21(18(4)17(3)16(15)2)22(25)14-30-23(26)19-5-7-20(8-6-19)31(27,28)24-9-11-29-12-10-24/h5-8,13H,9-12,14H2,1-4H3. The molecule has 0 amide bonds. The smallest absolute Gasteiger partial charge is 0.338 e. The highest BCUT2D eigenvalue weighted by Gasteiger charge is 2.26. The molecule has 8 heteroatoms. The molecule has 1 fully saturated rings. The molecule has 1 saturated heterocycles. The highest BCUT2D eigenvalue weighted by atomic mass is 32.2. The quantitative estimate of drug-likeness (QED) is 0.502. The molecular weight excluding hydrogens is 418 g/mol. The van der Waals surface area contributed by atoms with Crippen LogP contribution in [0.4, 0.5) is 0 Å². The Morgan fingerprint density at radius 2 is 1.58 bits per heavy atom. The molecule has 1 heterocycles. The summed E-state index contributed by atoms with van der Waals surface area (Å²) in [4.78, 5) is 25.1. The van der Waals surface area contributed by atoms with Crippen LogP contribution < -0.4 is 0 Å². The molecule has 31 heavy (non-hydrogen) atoms. The van der Waals surface area contributed by atoms with E-state index in [2.05, 4.69) is 0 Å². The summed E-state index contributed by atoms with van der Waals surface area (Å²) in [5, 5.41) is 0. The Morgan fingerprint density at radius 3 is 2.19 bits per heavy atom. The van der Waals surface area contributed by atoms with Gasteiger partial charge in [0, 0.05) is 18.7 Å². The molecule has 0 radical (unpaired) electrons. The summed E-state index contributed by atoms with van der Waals surface area (Å²) in [6.45, 7) is 8.73. The van der Waals surface area contributed by atoms with Crippen molar-refractivity contribution in [3.63, 3.8) is 0 Å². The highest BCUT2D eigenvalue weighted by molar-refractivity contribution is 7.89. The highest BCUT2D eigenvalue weighted by Crippen LogP contribution is 2.22. The van der Waals surface area contributed by atoms with Crippen molar-refractivity contribution in [3.05, 3.63) is 63.7 Å². The van der Waals surface area contributed by atoms with Crippen molar-refractivity contribution in [2.75, 3.05) is 32.9 Å². The predicted molar refractivity (Wildman–Crippen MR) is 116 cm³/mol. The van der Waals surface area contributed by atoms with Crippen molar-refractivity contribution in [1.82, 2.24) is 4.31 Å². The maximum Gasteiger partial charge on any atom is 0.338 e. The van der Waals surface area contributed by atoms with Crippen molar-refractivity contribution >= 4 is 21.8 Å². The predicted octanol–water partition coefficient (Wildman–Crippen LogP) is 2.98. The van der Waals surface area contributed by atoms with Crippen molar-refractivity contribution in [3.8, 4) is 0 Å². The summed E-state index contributed by atoms with van der Waals surface area (Å²) in [5.41, 5.74) is 4.80. The second kappa shape index (κ2) is 9.30. The molecule has 1 aliphatic rings. The van der Waals surface area contributed by atoms with Gasteiger partial charge in [-0.25, -0.2) is 13.2 Å². The number of esters is 1. The molecule has 0 bridgehead atoms. The average Bonchev–Trinajstić information content (AvgIpc) is 2.78. The monoisotopic (exact) mass is 445 g/mol. The second-order valence-corrected chi connectivity index (χ2v) is 9.59. The molecule has 0 aromatic heterocycles. The Labute approximate surface area is 183 Å². The molecule has 0 aliphatic carbocycles. The zero-order valence-electron chi connectivity index (χ0n) is 18.2. The number of carbonyl (C=O) groups is 2. The first-order chi connectivity index (χ1) is 14.6. The van der Waals surface area contributed by atoms with Gasteiger partial charge >= 0.3 is 5.97 Å². The summed E-state index contributed by atoms with van der Waals surface area (Å²) >= 11 is 0. The van der Waals surface area contributed by atoms with E-state index in [1.54, 1.807) is 0 Å². The molecule has 0 spiro atoms. The topological polar surface area (TPSA) is 90.0 Å². The molecule has 0 unspecified atom stereocenters. The van der Waals surface area contributed by atoms with Gasteiger partial charge in [0.05, 0.1) is 23.7 Å². The van der Waals surface area contributed by atoms with E-state index in [1.807, 2.05) is 33.8 Å². The Hall–Kier alpha value is -2.55. The largest absolute Gasteiger partial charge is 0.454 e. The second-order valence-electron chi connectivity index (χ2n) is 7.66. The normalized spacial score (nSPS) is 15.0. The number of benzene rings is 2. The van der Waals surface area contributed by atoms with E-state index < -0.39 is 16.0 Å². The minimum Gasteiger partial charge on any atom is -0.454 e. The molecular formula is C23H27NO6S. The molecule has 2 aromatic rings. The van der Waals surface area contributed by atoms with Gasteiger partial charge in [-0.05, 0) is 80.3 Å². The van der Waals surface area contributed by atoms with Crippen LogP contribution in [0, 0.1) is 27.7 Å². The van der Waals surface area contributed by atoms with Crippen LogP contribution in [0.15, 0.2) is 35.2 Å². The Bertz CT molecular complexity index is 1100. The number of nitrogens with zero attached hydrogens (tertiary/aromatic N) is 1. The summed E-state index contributed by atoms with van der Waals surface area (Å²) in [7, 11) is -3.64. The molecule has 0 atom stereocenters. The number of morpholine rings is 1. The number of ketones is 1. The molecule has 1 aliphatic heterocycles. The lowest BCUT2D eigenvalue weighted by atomic mass is 9.93. The number of rotatable bonds is 6. The third-order valence-corrected chi connectivity index (χ3v) is 7.73. The third kappa shape index (κ3) is 4.87. The molecule has 7 nitrogen and oxygen atoms in total. The van der Waals surface area contributed by atoms with E-state index >= 15 is 0 Å². The Kier molecular flexibility index (Phi) is 6.93. The van der Waals surface area contributed by atoms with E-state index in [0.717, 1.165) is 22.3 Å². The van der Waals surface area contributed by atoms with Crippen LogP contribution in [-0.4, -0.2) is 57.4 Å². The SMILES string of the molecule is Cc1cc(C(=O)COC(=O)c2ccc(S(=O)(=O)N3CCOCC3)cc2)c(C)c(C)c1C. The van der Waals surface area contributed by atoms with Gasteiger partial charge in [0.15, 0.2) is 6.61 Å². The zero-order chi connectivity index (χ0) is 22.8. The number of hydrogen-bond donors (Lipinski definition) is 0. The Morgan fingerprint density at radius 1 is 0.968 bits per heavy atom. The van der Waals surface area contributed by atoms with Gasteiger partial charge in [-0.15, -0.1) is 0 Å². The minimum absolute atomic E-state index is 0.100. The van der Waals surface area contributed by atoms with Crippen molar-refractivity contribution in [2.45, 2.75) is 32.6 Å². The summed E-state index contributed by atoms with van der Waals surface area (Å²) in [6.07, 6.45) is 0. The third-order valence-electron chi connectivity index (χ3n) is 5.81. The van der Waals surface area contributed by atoms with Crippen LogP contribution in [0.3, 0.4) is 0 Å². The van der Waals surface area contributed by atoms with E-state index in [4.69, 9.17) is 9.47 Å². The molecule has 166 valence electrons. The summed E-state index contributed by atoms with van der Waals surface area (Å²) < 4.78 is 37.1. The molecule has 2 aromatic carbocycles. The van der Waals surface area contributed by atoms with Gasteiger partial charge in [-0.2, -0.15) is 4.31 Å². The zero-order valence-corrected chi connectivity index (χ0v) is 19.0. The van der Waals surface area contributed by atoms with Crippen LogP contribution in [0.1, 0.15) is 43.0 Å². The number of ether oxygens (including phenoxy) is 2. The number of carbonyl (C=O) groups excluding carboxylic acids is 2. The van der Waals surface area contributed by atoms with Gasteiger partial charge in [0.25, 0.3) is 0 Å². The van der Waals surface area contributed by atoms with Gasteiger partial charge in [0.1, 0.15) is 0 Å². The first-order valence-corrected chi connectivity index (χ1v) is 11.5. The number of aryl methyl sites for hydroxylation is 1. The lowest BCUT2D eigenvalue weighted by molar-refractivity contribution is 0.0474. The van der Waals surface area contributed by atoms with Crippen molar-refractivity contribution in [1.29, 1.82) is 0 Å². The average molecular weight is 446 g/mol.